The average Bonchev–Trinajstić information content (AvgIpc) is 3.49. The Labute approximate surface area is 204 Å². The monoisotopic (exact) mass is 493 g/mol. The molecule has 0 spiro atoms. The molecule has 1 aliphatic heterocycles. The van der Waals surface area contributed by atoms with Gasteiger partial charge in [-0.05, 0) is 38.0 Å². The average molecular weight is 493 g/mol. The predicted octanol–water partition coefficient (Wildman–Crippen LogP) is 4.76. The maximum Gasteiger partial charge on any atom is 0.270 e. The molecule has 0 radical (unpaired) electrons. The van der Waals surface area contributed by atoms with E-state index in [0.717, 1.165) is 45.6 Å². The molecule has 2 N–H and O–H groups in total. The lowest BCUT2D eigenvalue weighted by atomic mass is 10.0. The van der Waals surface area contributed by atoms with Crippen molar-refractivity contribution in [2.75, 3.05) is 18.4 Å². The second-order valence-corrected chi connectivity index (χ2v) is 8.88. The number of amides is 2. The third-order valence-corrected chi connectivity index (χ3v) is 6.47. The second kappa shape index (κ2) is 9.10. The van der Waals surface area contributed by atoms with Gasteiger partial charge in [-0.3, -0.25) is 9.59 Å². The number of aryl methyl sites for hydroxylation is 2. The summed E-state index contributed by atoms with van der Waals surface area (Å²) in [4.78, 5) is 39.0. The number of likely N-dealkylation sites (tertiary alicyclic amines) is 1. The molecule has 5 rings (SSSR count). The summed E-state index contributed by atoms with van der Waals surface area (Å²) in [6.45, 7) is 4.34. The minimum atomic E-state index is -1.60. The molecule has 1 saturated heterocycles. The van der Waals surface area contributed by atoms with Crippen LogP contribution in [0.1, 0.15) is 28.3 Å². The minimum absolute atomic E-state index is 0.150. The molecule has 2 amide bonds. The molecule has 2 aromatic heterocycles. The highest BCUT2D eigenvalue weighted by Crippen LogP contribution is 2.29. The SMILES string of the molecule is Cc1ncnc(C)c1-c1ccc2cc(C(=O)N3CCC(C(=O)Nc4cc(F)c(F)c(F)c4)C3)[nH]c2c1. The van der Waals surface area contributed by atoms with Gasteiger partial charge in [0.25, 0.3) is 5.91 Å². The van der Waals surface area contributed by atoms with Crippen LogP contribution >= 0.6 is 0 Å². The number of hydrogen-bond acceptors (Lipinski definition) is 4. The number of nitrogens with zero attached hydrogens (tertiary/aromatic N) is 3. The first-order valence-corrected chi connectivity index (χ1v) is 11.4. The molecule has 0 saturated carbocycles. The quantitative estimate of drug-likeness (QED) is 0.401. The first-order chi connectivity index (χ1) is 17.2. The Kier molecular flexibility index (Phi) is 5.95. The predicted molar refractivity (Wildman–Crippen MR) is 128 cm³/mol. The molecule has 0 aliphatic carbocycles. The van der Waals surface area contributed by atoms with Gasteiger partial charge in [0.1, 0.15) is 12.0 Å². The van der Waals surface area contributed by atoms with E-state index in [2.05, 4.69) is 20.3 Å². The number of halogens is 3. The van der Waals surface area contributed by atoms with Gasteiger partial charge in [0.05, 0.1) is 5.92 Å². The number of rotatable bonds is 4. The van der Waals surface area contributed by atoms with Gasteiger partial charge in [-0.2, -0.15) is 0 Å². The third kappa shape index (κ3) is 4.30. The summed E-state index contributed by atoms with van der Waals surface area (Å²) in [6.07, 6.45) is 1.92. The first-order valence-electron chi connectivity index (χ1n) is 11.4. The second-order valence-electron chi connectivity index (χ2n) is 8.88. The Morgan fingerprint density at radius 2 is 1.72 bits per heavy atom. The molecular formula is C26H22F3N5O2. The topological polar surface area (TPSA) is 91.0 Å². The summed E-state index contributed by atoms with van der Waals surface area (Å²) in [5, 5.41) is 3.27. The van der Waals surface area contributed by atoms with Crippen LogP contribution in [0.5, 0.6) is 0 Å². The van der Waals surface area contributed by atoms with Gasteiger partial charge >= 0.3 is 0 Å². The molecule has 10 heteroatoms. The van der Waals surface area contributed by atoms with Crippen LogP contribution < -0.4 is 5.32 Å². The summed E-state index contributed by atoms with van der Waals surface area (Å²) >= 11 is 0. The smallest absolute Gasteiger partial charge is 0.270 e. The first kappa shape index (κ1) is 23.5. The number of carbonyl (C=O) groups excluding carboxylic acids is 2. The molecule has 4 aromatic rings. The van der Waals surface area contributed by atoms with Crippen molar-refractivity contribution in [3.63, 3.8) is 0 Å². The van der Waals surface area contributed by atoms with Crippen molar-refractivity contribution >= 4 is 28.4 Å². The Morgan fingerprint density at radius 1 is 1.03 bits per heavy atom. The fraction of sp³-hybridized carbons (Fsp3) is 0.231. The van der Waals surface area contributed by atoms with Crippen LogP contribution in [0.2, 0.25) is 0 Å². The van der Waals surface area contributed by atoms with Crippen molar-refractivity contribution in [3.05, 3.63) is 77.3 Å². The highest BCUT2D eigenvalue weighted by molar-refractivity contribution is 6.00. The normalized spacial score (nSPS) is 15.5. The summed E-state index contributed by atoms with van der Waals surface area (Å²) in [6, 6.07) is 9.03. The Balaban J connectivity index is 1.30. The van der Waals surface area contributed by atoms with E-state index in [4.69, 9.17) is 0 Å². The van der Waals surface area contributed by atoms with Gasteiger partial charge in [-0.15, -0.1) is 0 Å². The molecule has 7 nitrogen and oxygen atoms in total. The van der Waals surface area contributed by atoms with Gasteiger partial charge < -0.3 is 15.2 Å². The van der Waals surface area contributed by atoms with Crippen molar-refractivity contribution < 1.29 is 22.8 Å². The van der Waals surface area contributed by atoms with Gasteiger partial charge in [0.15, 0.2) is 17.5 Å². The minimum Gasteiger partial charge on any atom is -0.351 e. The van der Waals surface area contributed by atoms with Crippen molar-refractivity contribution in [2.45, 2.75) is 20.3 Å². The number of aromatic amines is 1. The van der Waals surface area contributed by atoms with E-state index in [-0.39, 0.29) is 18.1 Å². The lowest BCUT2D eigenvalue weighted by Gasteiger charge is -2.16. The fourth-order valence-corrected chi connectivity index (χ4v) is 4.61. The standard InChI is InChI=1S/C26H22F3N5O2/c1-13-23(14(2)31-12-30-13)16-4-3-15-7-22(33-21(15)8-16)26(36)34-6-5-17(11-34)25(35)32-18-9-19(27)24(29)20(28)10-18/h3-4,7-10,12,17,33H,5-6,11H2,1-2H3,(H,32,35). The summed E-state index contributed by atoms with van der Waals surface area (Å²) in [7, 11) is 0. The molecule has 1 fully saturated rings. The molecule has 0 bridgehead atoms. The van der Waals surface area contributed by atoms with Crippen LogP contribution in [-0.4, -0.2) is 44.8 Å². The van der Waals surface area contributed by atoms with E-state index in [9.17, 15) is 22.8 Å². The maximum atomic E-state index is 13.4. The zero-order valence-electron chi connectivity index (χ0n) is 19.5. The van der Waals surface area contributed by atoms with Crippen molar-refractivity contribution in [3.8, 4) is 11.1 Å². The van der Waals surface area contributed by atoms with Crippen molar-refractivity contribution in [1.29, 1.82) is 0 Å². The Hall–Kier alpha value is -4.21. The highest BCUT2D eigenvalue weighted by Gasteiger charge is 2.32. The Bertz CT molecular complexity index is 1470. The third-order valence-electron chi connectivity index (χ3n) is 6.47. The van der Waals surface area contributed by atoms with Crippen LogP contribution in [-0.2, 0) is 4.79 Å². The molecule has 1 atom stereocenters. The highest BCUT2D eigenvalue weighted by atomic mass is 19.2. The van der Waals surface area contributed by atoms with E-state index >= 15 is 0 Å². The van der Waals surface area contributed by atoms with Crippen LogP contribution in [0, 0.1) is 37.2 Å². The lowest BCUT2D eigenvalue weighted by molar-refractivity contribution is -0.119. The van der Waals surface area contributed by atoms with Crippen LogP contribution in [0.25, 0.3) is 22.0 Å². The molecule has 1 unspecified atom stereocenters. The van der Waals surface area contributed by atoms with E-state index < -0.39 is 29.3 Å². The largest absolute Gasteiger partial charge is 0.351 e. The molecule has 3 heterocycles. The number of anilines is 1. The number of carbonyl (C=O) groups is 2. The van der Waals surface area contributed by atoms with Gasteiger partial charge in [0, 0.05) is 58.8 Å². The van der Waals surface area contributed by atoms with Gasteiger partial charge in [-0.25, -0.2) is 23.1 Å². The molecule has 184 valence electrons. The van der Waals surface area contributed by atoms with Crippen LogP contribution in [0.3, 0.4) is 0 Å². The molecule has 36 heavy (non-hydrogen) atoms. The number of hydrogen-bond donors (Lipinski definition) is 2. The number of H-pyrrole nitrogens is 1. The number of fused-ring (bicyclic) bond motifs is 1. The van der Waals surface area contributed by atoms with E-state index in [0.29, 0.717) is 18.7 Å². The van der Waals surface area contributed by atoms with E-state index in [1.54, 1.807) is 11.0 Å². The molecule has 1 aliphatic rings. The number of benzene rings is 2. The summed E-state index contributed by atoms with van der Waals surface area (Å²) in [5.74, 6) is -5.69. The molecular weight excluding hydrogens is 471 g/mol. The van der Waals surface area contributed by atoms with E-state index in [1.165, 1.54) is 6.33 Å². The van der Waals surface area contributed by atoms with Crippen LogP contribution in [0.4, 0.5) is 18.9 Å². The summed E-state index contributed by atoms with van der Waals surface area (Å²) in [5.41, 5.74) is 4.59. The fourth-order valence-electron chi connectivity index (χ4n) is 4.61. The lowest BCUT2D eigenvalue weighted by Crippen LogP contribution is -2.31. The molecule has 2 aromatic carbocycles. The number of aromatic nitrogens is 3. The number of nitrogens with one attached hydrogen (secondary N) is 2. The van der Waals surface area contributed by atoms with Gasteiger partial charge in [0.2, 0.25) is 5.91 Å². The maximum absolute atomic E-state index is 13.4. The van der Waals surface area contributed by atoms with E-state index in [1.807, 2.05) is 32.0 Å². The van der Waals surface area contributed by atoms with Gasteiger partial charge in [-0.1, -0.05) is 12.1 Å². The van der Waals surface area contributed by atoms with Crippen molar-refractivity contribution in [1.82, 2.24) is 19.9 Å². The Morgan fingerprint density at radius 3 is 2.42 bits per heavy atom. The summed E-state index contributed by atoms with van der Waals surface area (Å²) < 4.78 is 40.0. The van der Waals surface area contributed by atoms with Crippen molar-refractivity contribution in [2.24, 2.45) is 5.92 Å². The van der Waals surface area contributed by atoms with Crippen LogP contribution in [0.15, 0.2) is 42.7 Å². The zero-order chi connectivity index (χ0) is 25.6. The zero-order valence-corrected chi connectivity index (χ0v) is 19.5.